The molecule has 2 saturated heterocycles. The summed E-state index contributed by atoms with van der Waals surface area (Å²) >= 11 is 0. The molecule has 2 heterocycles. The van der Waals surface area contributed by atoms with Gasteiger partial charge >= 0.3 is 6.09 Å². The van der Waals surface area contributed by atoms with Gasteiger partial charge in [-0.1, -0.05) is 0 Å². The monoisotopic (exact) mass is 241 g/mol. The molecular formula is C12H19NO4. The molecule has 1 amide bonds. The summed E-state index contributed by atoms with van der Waals surface area (Å²) in [5.41, 5.74) is -0.534. The Morgan fingerprint density at radius 1 is 1.47 bits per heavy atom. The van der Waals surface area contributed by atoms with Crippen LogP contribution in [0.15, 0.2) is 0 Å². The Morgan fingerprint density at radius 3 is 2.82 bits per heavy atom. The van der Waals surface area contributed by atoms with Crippen molar-refractivity contribution in [3.8, 4) is 0 Å². The number of ketones is 1. The second-order valence-corrected chi connectivity index (χ2v) is 5.58. The molecule has 0 saturated carbocycles. The molecule has 17 heavy (non-hydrogen) atoms. The minimum absolute atomic E-state index is 0.0134. The van der Waals surface area contributed by atoms with Gasteiger partial charge in [-0.05, 0) is 33.6 Å². The van der Waals surface area contributed by atoms with E-state index < -0.39 is 17.8 Å². The van der Waals surface area contributed by atoms with Crippen molar-refractivity contribution in [1.29, 1.82) is 0 Å². The first-order valence-electron chi connectivity index (χ1n) is 6.02. The van der Waals surface area contributed by atoms with Crippen LogP contribution in [0.3, 0.4) is 0 Å². The average molecular weight is 241 g/mol. The van der Waals surface area contributed by atoms with Crippen LogP contribution >= 0.6 is 0 Å². The highest BCUT2D eigenvalue weighted by Crippen LogP contribution is 2.27. The molecule has 5 heteroatoms. The van der Waals surface area contributed by atoms with Crippen molar-refractivity contribution in [3.05, 3.63) is 0 Å². The fourth-order valence-electron chi connectivity index (χ4n) is 2.29. The zero-order valence-electron chi connectivity index (χ0n) is 10.6. The zero-order valence-corrected chi connectivity index (χ0v) is 10.6. The molecular weight excluding hydrogens is 222 g/mol. The van der Waals surface area contributed by atoms with E-state index in [2.05, 4.69) is 0 Å². The van der Waals surface area contributed by atoms with Crippen LogP contribution in [0.2, 0.25) is 0 Å². The van der Waals surface area contributed by atoms with E-state index in [0.29, 0.717) is 6.61 Å². The molecule has 0 aromatic carbocycles. The van der Waals surface area contributed by atoms with Crippen LogP contribution in [0.4, 0.5) is 4.79 Å². The molecule has 0 aromatic rings. The van der Waals surface area contributed by atoms with E-state index in [1.165, 1.54) is 4.90 Å². The van der Waals surface area contributed by atoms with Crippen LogP contribution in [0.1, 0.15) is 33.6 Å². The summed E-state index contributed by atoms with van der Waals surface area (Å²) < 4.78 is 10.7. The standard InChI is InChI=1S/C12H19NO4/c1-12(2,3)17-11(15)13-7-9(14)10-8(13)5-4-6-16-10/h8,10H,4-7H2,1-3H3/t8-,10+/m1/s1. The lowest BCUT2D eigenvalue weighted by molar-refractivity contribution is -0.128. The van der Waals surface area contributed by atoms with Crippen LogP contribution < -0.4 is 0 Å². The highest BCUT2D eigenvalue weighted by Gasteiger charge is 2.46. The van der Waals surface area contributed by atoms with Crippen molar-refractivity contribution >= 4 is 11.9 Å². The molecule has 2 aliphatic rings. The van der Waals surface area contributed by atoms with Crippen molar-refractivity contribution in [1.82, 2.24) is 4.90 Å². The van der Waals surface area contributed by atoms with Crippen molar-refractivity contribution in [2.24, 2.45) is 0 Å². The molecule has 2 rings (SSSR count). The maximum Gasteiger partial charge on any atom is 0.411 e. The van der Waals surface area contributed by atoms with Crippen LogP contribution in [0.25, 0.3) is 0 Å². The third kappa shape index (κ3) is 2.60. The van der Waals surface area contributed by atoms with Gasteiger partial charge in [0.05, 0.1) is 12.6 Å². The van der Waals surface area contributed by atoms with Gasteiger partial charge in [0.25, 0.3) is 0 Å². The van der Waals surface area contributed by atoms with E-state index in [9.17, 15) is 9.59 Å². The maximum atomic E-state index is 12.0. The van der Waals surface area contributed by atoms with Gasteiger partial charge in [-0.25, -0.2) is 4.79 Å². The fourth-order valence-corrected chi connectivity index (χ4v) is 2.29. The summed E-state index contributed by atoms with van der Waals surface area (Å²) in [7, 11) is 0. The predicted molar refractivity (Wildman–Crippen MR) is 60.7 cm³/mol. The smallest absolute Gasteiger partial charge is 0.411 e. The molecule has 2 aliphatic heterocycles. The topological polar surface area (TPSA) is 55.8 Å². The van der Waals surface area contributed by atoms with Crippen LogP contribution in [-0.2, 0) is 14.3 Å². The average Bonchev–Trinajstić information content (AvgIpc) is 2.55. The number of rotatable bonds is 0. The second-order valence-electron chi connectivity index (χ2n) is 5.58. The van der Waals surface area contributed by atoms with E-state index in [0.717, 1.165) is 12.8 Å². The largest absolute Gasteiger partial charge is 0.444 e. The Bertz CT molecular complexity index is 334. The summed E-state index contributed by atoms with van der Waals surface area (Å²) in [6, 6.07) is -0.133. The molecule has 0 radical (unpaired) electrons. The maximum absolute atomic E-state index is 12.0. The molecule has 96 valence electrons. The number of nitrogens with zero attached hydrogens (tertiary/aromatic N) is 1. The number of hydrogen-bond donors (Lipinski definition) is 0. The number of fused-ring (bicyclic) bond motifs is 1. The summed E-state index contributed by atoms with van der Waals surface area (Å²) in [6.07, 6.45) is 0.851. The van der Waals surface area contributed by atoms with Crippen LogP contribution in [-0.4, -0.2) is 47.7 Å². The number of ether oxygens (including phenoxy) is 2. The molecule has 0 spiro atoms. The lowest BCUT2D eigenvalue weighted by Crippen LogP contribution is -2.45. The first-order chi connectivity index (χ1) is 7.88. The molecule has 5 nitrogen and oxygen atoms in total. The summed E-state index contributed by atoms with van der Waals surface area (Å²) in [5, 5.41) is 0. The molecule has 0 aromatic heterocycles. The molecule has 2 fully saturated rings. The number of Topliss-reactive ketones (excluding diaryl/α,β-unsaturated/α-hetero) is 1. The van der Waals surface area contributed by atoms with Gasteiger partial charge in [-0.15, -0.1) is 0 Å². The van der Waals surface area contributed by atoms with Gasteiger partial charge in [0, 0.05) is 6.61 Å². The van der Waals surface area contributed by atoms with Gasteiger partial charge in [0.1, 0.15) is 11.7 Å². The van der Waals surface area contributed by atoms with E-state index in [1.807, 2.05) is 20.8 Å². The Balaban J connectivity index is 2.06. The first-order valence-corrected chi connectivity index (χ1v) is 6.02. The summed E-state index contributed by atoms with van der Waals surface area (Å²) in [6.45, 7) is 6.17. The molecule has 0 unspecified atom stereocenters. The van der Waals surface area contributed by atoms with Gasteiger partial charge in [0.2, 0.25) is 0 Å². The molecule has 0 N–H and O–H groups in total. The van der Waals surface area contributed by atoms with Gasteiger partial charge < -0.3 is 9.47 Å². The lowest BCUT2D eigenvalue weighted by Gasteiger charge is -2.31. The highest BCUT2D eigenvalue weighted by molar-refractivity contribution is 5.92. The predicted octanol–water partition coefficient (Wildman–Crippen LogP) is 1.35. The van der Waals surface area contributed by atoms with Gasteiger partial charge in [0.15, 0.2) is 5.78 Å². The Kier molecular flexibility index (Phi) is 3.12. The van der Waals surface area contributed by atoms with Crippen molar-refractivity contribution in [2.75, 3.05) is 13.2 Å². The Labute approximate surface area is 101 Å². The zero-order chi connectivity index (χ0) is 12.6. The van der Waals surface area contributed by atoms with Gasteiger partial charge in [-0.3, -0.25) is 9.69 Å². The molecule has 2 atom stereocenters. The number of carbonyl (C=O) groups excluding carboxylic acids is 2. The third-order valence-corrected chi connectivity index (χ3v) is 2.96. The molecule has 0 bridgehead atoms. The van der Waals surface area contributed by atoms with E-state index in [1.54, 1.807) is 0 Å². The number of likely N-dealkylation sites (tertiary alicyclic amines) is 1. The minimum atomic E-state index is -0.534. The van der Waals surface area contributed by atoms with E-state index >= 15 is 0 Å². The van der Waals surface area contributed by atoms with Crippen LogP contribution in [0.5, 0.6) is 0 Å². The number of hydrogen-bond acceptors (Lipinski definition) is 4. The van der Waals surface area contributed by atoms with Crippen molar-refractivity contribution in [2.45, 2.75) is 51.4 Å². The minimum Gasteiger partial charge on any atom is -0.444 e. The number of amides is 1. The van der Waals surface area contributed by atoms with E-state index in [4.69, 9.17) is 9.47 Å². The quantitative estimate of drug-likeness (QED) is 0.642. The second kappa shape index (κ2) is 4.29. The number of carbonyl (C=O) groups is 2. The summed E-state index contributed by atoms with van der Waals surface area (Å²) in [4.78, 5) is 25.2. The fraction of sp³-hybridized carbons (Fsp3) is 0.833. The van der Waals surface area contributed by atoms with Crippen molar-refractivity contribution < 1.29 is 19.1 Å². The van der Waals surface area contributed by atoms with Crippen molar-refractivity contribution in [3.63, 3.8) is 0 Å². The van der Waals surface area contributed by atoms with Crippen LogP contribution in [0, 0.1) is 0 Å². The Hall–Kier alpha value is -1.10. The summed E-state index contributed by atoms with van der Waals surface area (Å²) in [5.74, 6) is -0.0134. The van der Waals surface area contributed by atoms with Gasteiger partial charge in [-0.2, -0.15) is 0 Å². The molecule has 0 aliphatic carbocycles. The SMILES string of the molecule is CC(C)(C)OC(=O)N1CC(=O)[C@H]2OCCC[C@H]21. The highest BCUT2D eigenvalue weighted by atomic mass is 16.6. The normalized spacial score (nSPS) is 29.1. The first kappa shape index (κ1) is 12.4. The lowest BCUT2D eigenvalue weighted by atomic mass is 10.0. The van der Waals surface area contributed by atoms with E-state index in [-0.39, 0.29) is 18.4 Å². The Morgan fingerprint density at radius 2 is 2.18 bits per heavy atom. The third-order valence-electron chi connectivity index (χ3n) is 2.96.